The van der Waals surface area contributed by atoms with E-state index in [1.54, 1.807) is 12.1 Å². The largest absolute Gasteiger partial charge is 0.489 e. The second-order valence-electron chi connectivity index (χ2n) is 7.68. The lowest BCUT2D eigenvalue weighted by Crippen LogP contribution is -2.44. The molecule has 0 spiro atoms. The Morgan fingerprint density at radius 1 is 1.12 bits per heavy atom. The monoisotopic (exact) mass is 454 g/mol. The van der Waals surface area contributed by atoms with Crippen molar-refractivity contribution >= 4 is 36.6 Å². The summed E-state index contributed by atoms with van der Waals surface area (Å²) in [6, 6.07) is 15.8. The van der Waals surface area contributed by atoms with Crippen molar-refractivity contribution in [1.29, 1.82) is 0 Å². The maximum Gasteiger partial charge on any atom is 0.246 e. The highest BCUT2D eigenvalue weighted by molar-refractivity contribution is 7.59. The molecule has 0 unspecified atom stereocenters. The molecule has 1 aromatic heterocycles. The second kappa shape index (κ2) is 9.91. The highest BCUT2D eigenvalue weighted by Crippen LogP contribution is 2.35. The second-order valence-corrected chi connectivity index (χ2v) is 7.68. The minimum atomic E-state index is -0.255. The zero-order valence-electron chi connectivity index (χ0n) is 18.3. The molecule has 1 amide bonds. The van der Waals surface area contributed by atoms with Crippen LogP contribution in [0.5, 0.6) is 5.75 Å². The minimum Gasteiger partial charge on any atom is -0.489 e. The van der Waals surface area contributed by atoms with Crippen molar-refractivity contribution in [3.63, 3.8) is 0 Å². The number of nitrogens with zero attached hydrogens (tertiary/aromatic N) is 2. The summed E-state index contributed by atoms with van der Waals surface area (Å²) in [6.45, 7) is 4.76. The van der Waals surface area contributed by atoms with Crippen LogP contribution in [0.25, 0.3) is 0 Å². The number of aryl methyl sites for hydroxylation is 1. The van der Waals surface area contributed by atoms with Crippen molar-refractivity contribution in [3.8, 4) is 5.75 Å². The van der Waals surface area contributed by atoms with E-state index < -0.39 is 0 Å². The lowest BCUT2D eigenvalue weighted by atomic mass is 10.1. The molecule has 0 saturated carbocycles. The van der Waals surface area contributed by atoms with Gasteiger partial charge in [0.25, 0.3) is 0 Å². The maximum atomic E-state index is 13.0. The third-order valence-corrected chi connectivity index (χ3v) is 5.48. The molecule has 32 heavy (non-hydrogen) atoms. The first-order valence-corrected chi connectivity index (χ1v) is 10.2. The molecule has 0 fully saturated rings. The van der Waals surface area contributed by atoms with E-state index in [4.69, 9.17) is 4.74 Å². The first-order chi connectivity index (χ1) is 14.9. The van der Waals surface area contributed by atoms with Gasteiger partial charge < -0.3 is 20.3 Å². The minimum absolute atomic E-state index is 0. The Balaban J connectivity index is 0.00000289. The van der Waals surface area contributed by atoms with Gasteiger partial charge >= 0.3 is 0 Å². The summed E-state index contributed by atoms with van der Waals surface area (Å²) in [5.74, 6) is 1.22. The average molecular weight is 455 g/mol. The summed E-state index contributed by atoms with van der Waals surface area (Å²) in [7, 11) is 1.91. The molecule has 0 radical (unpaired) electrons. The predicted octanol–water partition coefficient (Wildman–Crippen LogP) is 4.61. The third kappa shape index (κ3) is 5.13. The molecule has 1 aliphatic heterocycles. The summed E-state index contributed by atoms with van der Waals surface area (Å²) < 4.78 is 18.7. The van der Waals surface area contributed by atoms with Crippen LogP contribution < -0.4 is 20.3 Å². The number of nitrogens with one attached hydrogen (secondary N) is 2. The highest BCUT2D eigenvalue weighted by Gasteiger charge is 2.28. The van der Waals surface area contributed by atoms with Gasteiger partial charge in [-0.15, -0.1) is 0 Å². The number of amides is 1. The molecule has 0 bridgehead atoms. The summed E-state index contributed by atoms with van der Waals surface area (Å²) in [5, 5.41) is 6.29. The van der Waals surface area contributed by atoms with Crippen LogP contribution in [-0.4, -0.2) is 24.0 Å². The van der Waals surface area contributed by atoms with Crippen molar-refractivity contribution in [2.24, 2.45) is 0 Å². The standard InChI is InChI=1S/C24H25FN4O2.H2S/c1-15-23-21(29(3)16(2)24(30)28-23)12-22(27-15)26-13-17-6-10-20(11-7-17)31-14-18-4-8-19(25)9-5-18;/h4-12,16H,13-14H2,1-3H3,(H,26,27)(H,28,30);1H2/t16-;/m0./s1. The smallest absolute Gasteiger partial charge is 0.246 e. The van der Waals surface area contributed by atoms with Crippen molar-refractivity contribution in [3.05, 3.63) is 77.2 Å². The molecule has 1 aliphatic rings. The number of carbonyl (C=O) groups is 1. The van der Waals surface area contributed by atoms with Crippen LogP contribution in [0.2, 0.25) is 0 Å². The van der Waals surface area contributed by atoms with Gasteiger partial charge in [0.05, 0.1) is 17.1 Å². The van der Waals surface area contributed by atoms with E-state index in [1.807, 2.05) is 56.1 Å². The lowest BCUT2D eigenvalue weighted by Gasteiger charge is -2.34. The Morgan fingerprint density at radius 2 is 1.78 bits per heavy atom. The van der Waals surface area contributed by atoms with E-state index in [9.17, 15) is 9.18 Å². The number of rotatable bonds is 6. The molecule has 8 heteroatoms. The Labute approximate surface area is 194 Å². The number of fused-ring (bicyclic) bond motifs is 1. The topological polar surface area (TPSA) is 66.5 Å². The van der Waals surface area contributed by atoms with E-state index in [0.717, 1.165) is 39.8 Å². The molecule has 0 saturated heterocycles. The number of likely N-dealkylation sites (N-methyl/N-ethyl adjacent to an activating group) is 1. The normalized spacial score (nSPS) is 14.8. The van der Waals surface area contributed by atoms with E-state index in [-0.39, 0.29) is 31.3 Å². The third-order valence-electron chi connectivity index (χ3n) is 5.48. The van der Waals surface area contributed by atoms with E-state index in [1.165, 1.54) is 12.1 Å². The maximum absolute atomic E-state index is 13.0. The molecular weight excluding hydrogens is 427 g/mol. The number of hydrogen-bond acceptors (Lipinski definition) is 5. The van der Waals surface area contributed by atoms with Crippen molar-refractivity contribution < 1.29 is 13.9 Å². The van der Waals surface area contributed by atoms with Crippen LogP contribution in [0.1, 0.15) is 23.7 Å². The fourth-order valence-electron chi connectivity index (χ4n) is 3.43. The summed E-state index contributed by atoms with van der Waals surface area (Å²) in [6.07, 6.45) is 0. The number of carbonyl (C=O) groups excluding carboxylic acids is 1. The van der Waals surface area contributed by atoms with Crippen LogP contribution in [0, 0.1) is 12.7 Å². The van der Waals surface area contributed by atoms with Gasteiger partial charge in [-0.1, -0.05) is 24.3 Å². The molecule has 4 rings (SSSR count). The predicted molar refractivity (Wildman–Crippen MR) is 130 cm³/mol. The molecule has 2 heterocycles. The van der Waals surface area contributed by atoms with Crippen molar-refractivity contribution in [1.82, 2.24) is 4.98 Å². The first-order valence-electron chi connectivity index (χ1n) is 10.2. The number of pyridine rings is 1. The SMILES string of the molecule is Cc1nc(NCc2ccc(OCc3ccc(F)cc3)cc2)cc2c1NC(=O)[C@H](C)N2C.S. The Morgan fingerprint density at radius 3 is 2.47 bits per heavy atom. The summed E-state index contributed by atoms with van der Waals surface area (Å²) in [4.78, 5) is 18.6. The van der Waals surface area contributed by atoms with Gasteiger partial charge in [-0.2, -0.15) is 13.5 Å². The van der Waals surface area contributed by atoms with Crippen LogP contribution in [0.4, 0.5) is 21.6 Å². The number of anilines is 3. The van der Waals surface area contributed by atoms with Gasteiger partial charge in [0.1, 0.15) is 30.0 Å². The van der Waals surface area contributed by atoms with Crippen LogP contribution in [0.15, 0.2) is 54.6 Å². The fraction of sp³-hybridized carbons (Fsp3) is 0.250. The van der Waals surface area contributed by atoms with Crippen LogP contribution in [0.3, 0.4) is 0 Å². The first kappa shape index (κ1) is 23.4. The molecule has 168 valence electrons. The number of halogens is 1. The summed E-state index contributed by atoms with van der Waals surface area (Å²) >= 11 is 0. The van der Waals surface area contributed by atoms with E-state index >= 15 is 0 Å². The molecule has 2 aromatic carbocycles. The van der Waals surface area contributed by atoms with Gasteiger partial charge in [0.2, 0.25) is 5.91 Å². The number of benzene rings is 2. The van der Waals surface area contributed by atoms with Crippen LogP contribution in [-0.2, 0) is 17.9 Å². The quantitative estimate of drug-likeness (QED) is 0.569. The van der Waals surface area contributed by atoms with Gasteiger partial charge in [0, 0.05) is 19.7 Å². The van der Waals surface area contributed by atoms with Crippen molar-refractivity contribution in [2.75, 3.05) is 22.6 Å². The van der Waals surface area contributed by atoms with Gasteiger partial charge in [-0.25, -0.2) is 9.37 Å². The van der Waals surface area contributed by atoms with E-state index in [0.29, 0.717) is 13.2 Å². The van der Waals surface area contributed by atoms with E-state index in [2.05, 4.69) is 15.6 Å². The molecular formula is C24H27FN4O2S. The number of ether oxygens (including phenoxy) is 1. The Bertz CT molecular complexity index is 1090. The fourth-order valence-corrected chi connectivity index (χ4v) is 3.43. The van der Waals surface area contributed by atoms with Gasteiger partial charge in [-0.05, 0) is 49.2 Å². The summed E-state index contributed by atoms with van der Waals surface area (Å²) in [5.41, 5.74) is 4.49. The lowest BCUT2D eigenvalue weighted by molar-refractivity contribution is -0.117. The van der Waals surface area contributed by atoms with Gasteiger partial charge in [-0.3, -0.25) is 4.79 Å². The Hall–Kier alpha value is -3.26. The molecule has 2 N–H and O–H groups in total. The number of aromatic nitrogens is 1. The zero-order chi connectivity index (χ0) is 22.0. The molecule has 1 atom stereocenters. The Kier molecular flexibility index (Phi) is 7.25. The highest BCUT2D eigenvalue weighted by atomic mass is 32.1. The zero-order valence-corrected chi connectivity index (χ0v) is 19.3. The van der Waals surface area contributed by atoms with Crippen LogP contribution >= 0.6 is 13.5 Å². The molecule has 3 aromatic rings. The van der Waals surface area contributed by atoms with Crippen molar-refractivity contribution in [2.45, 2.75) is 33.0 Å². The molecule has 6 nitrogen and oxygen atoms in total. The molecule has 0 aliphatic carbocycles. The number of hydrogen-bond donors (Lipinski definition) is 2. The van der Waals surface area contributed by atoms with Gasteiger partial charge in [0.15, 0.2) is 0 Å². The average Bonchev–Trinajstić information content (AvgIpc) is 2.77.